The van der Waals surface area contributed by atoms with E-state index in [1.165, 1.54) is 11.8 Å². The molecule has 0 radical (unpaired) electrons. The smallest absolute Gasteiger partial charge is 0.356 e. The van der Waals surface area contributed by atoms with Crippen molar-refractivity contribution in [2.45, 2.75) is 11.4 Å². The predicted octanol–water partition coefficient (Wildman–Crippen LogP) is -0.917. The van der Waals surface area contributed by atoms with Gasteiger partial charge >= 0.3 is 5.97 Å². The maximum Gasteiger partial charge on any atom is 0.356 e. The number of rotatable bonds is 1. The highest BCUT2D eigenvalue weighted by Gasteiger charge is 2.52. The molecule has 2 heterocycles. The SMILES string of the molecule is N[C@@H]1C(=O)N2C(C(=O)O)=C(O)CS[C@@H]12. The van der Waals surface area contributed by atoms with Crippen molar-refractivity contribution >= 4 is 23.6 Å². The Morgan fingerprint density at radius 3 is 2.86 bits per heavy atom. The van der Waals surface area contributed by atoms with E-state index in [-0.39, 0.29) is 22.6 Å². The second kappa shape index (κ2) is 2.89. The Labute approximate surface area is 83.4 Å². The van der Waals surface area contributed by atoms with E-state index in [1.54, 1.807) is 0 Å². The molecule has 1 saturated heterocycles. The zero-order chi connectivity index (χ0) is 10.5. The van der Waals surface area contributed by atoms with Gasteiger partial charge in [0.25, 0.3) is 0 Å². The molecule has 14 heavy (non-hydrogen) atoms. The molecule has 0 aromatic heterocycles. The fourth-order valence-corrected chi connectivity index (χ4v) is 2.65. The molecule has 6 nitrogen and oxygen atoms in total. The molecule has 76 valence electrons. The summed E-state index contributed by atoms with van der Waals surface area (Å²) in [6.07, 6.45) is 0. The number of aliphatic hydroxyl groups excluding tert-OH is 1. The average molecular weight is 216 g/mol. The Bertz CT molecular complexity index is 354. The first kappa shape index (κ1) is 9.35. The van der Waals surface area contributed by atoms with Crippen molar-refractivity contribution in [3.8, 4) is 0 Å². The standard InChI is InChI=1S/C7H8N2O4S/c8-3-5(11)9-4(7(12)13)2(10)1-14-6(3)9/h3,6,10H,1,8H2,(H,12,13)/t3-,6+/m1/s1. The number of nitrogens with two attached hydrogens (primary N) is 1. The van der Waals surface area contributed by atoms with E-state index in [0.717, 1.165) is 4.90 Å². The summed E-state index contributed by atoms with van der Waals surface area (Å²) < 4.78 is 0. The Kier molecular flexibility index (Phi) is 1.93. The number of β-lactam (4-membered cyclic amide) rings is 1. The molecular formula is C7H8N2O4S. The molecule has 0 spiro atoms. The van der Waals surface area contributed by atoms with Crippen molar-refractivity contribution in [2.75, 3.05) is 5.75 Å². The van der Waals surface area contributed by atoms with Gasteiger partial charge in [0.05, 0.1) is 5.75 Å². The molecule has 2 aliphatic heterocycles. The molecule has 2 aliphatic rings. The Hall–Kier alpha value is -1.21. The number of aliphatic carboxylic acids is 1. The number of hydrogen-bond acceptors (Lipinski definition) is 5. The van der Waals surface area contributed by atoms with Crippen LogP contribution in [-0.2, 0) is 9.59 Å². The van der Waals surface area contributed by atoms with Crippen molar-refractivity contribution in [1.29, 1.82) is 0 Å². The Balaban J connectivity index is 2.37. The first-order valence-corrected chi connectivity index (χ1v) is 4.94. The van der Waals surface area contributed by atoms with Crippen LogP contribution in [0, 0.1) is 0 Å². The lowest BCUT2D eigenvalue weighted by molar-refractivity contribution is -0.148. The highest BCUT2D eigenvalue weighted by molar-refractivity contribution is 8.00. The van der Waals surface area contributed by atoms with Crippen LogP contribution in [0.15, 0.2) is 11.5 Å². The van der Waals surface area contributed by atoms with Gasteiger partial charge in [-0.15, -0.1) is 11.8 Å². The second-order valence-corrected chi connectivity index (χ2v) is 4.14. The zero-order valence-corrected chi connectivity index (χ0v) is 7.82. The minimum absolute atomic E-state index is 0.184. The lowest BCUT2D eigenvalue weighted by Gasteiger charge is -2.46. The molecule has 0 bridgehead atoms. The van der Waals surface area contributed by atoms with Gasteiger partial charge in [0.1, 0.15) is 17.2 Å². The van der Waals surface area contributed by atoms with Crippen LogP contribution in [0.3, 0.4) is 0 Å². The fraction of sp³-hybridized carbons (Fsp3) is 0.429. The van der Waals surface area contributed by atoms with Crippen LogP contribution in [0.4, 0.5) is 0 Å². The molecule has 1 fully saturated rings. The first-order valence-electron chi connectivity index (χ1n) is 3.89. The molecule has 4 N–H and O–H groups in total. The van der Waals surface area contributed by atoms with Gasteiger partial charge in [-0.05, 0) is 0 Å². The van der Waals surface area contributed by atoms with E-state index in [0.29, 0.717) is 0 Å². The van der Waals surface area contributed by atoms with E-state index in [2.05, 4.69) is 0 Å². The summed E-state index contributed by atoms with van der Waals surface area (Å²) >= 11 is 1.26. The number of nitrogens with zero attached hydrogens (tertiary/aromatic N) is 1. The number of amides is 1. The summed E-state index contributed by atoms with van der Waals surface area (Å²) in [6.45, 7) is 0. The van der Waals surface area contributed by atoms with Crippen LogP contribution in [0.25, 0.3) is 0 Å². The van der Waals surface area contributed by atoms with Gasteiger partial charge < -0.3 is 15.9 Å². The van der Waals surface area contributed by atoms with Gasteiger partial charge in [-0.3, -0.25) is 9.69 Å². The molecule has 2 rings (SSSR count). The van der Waals surface area contributed by atoms with Crippen molar-refractivity contribution in [2.24, 2.45) is 5.73 Å². The van der Waals surface area contributed by atoms with Gasteiger partial charge in [-0.2, -0.15) is 0 Å². The third-order valence-electron chi connectivity index (χ3n) is 2.19. The molecule has 2 atom stereocenters. The minimum atomic E-state index is -1.30. The van der Waals surface area contributed by atoms with Gasteiger partial charge in [-0.1, -0.05) is 0 Å². The minimum Gasteiger partial charge on any atom is -0.509 e. The van der Waals surface area contributed by atoms with Crippen molar-refractivity contribution in [3.05, 3.63) is 11.5 Å². The maximum atomic E-state index is 11.2. The number of thioether (sulfide) groups is 1. The van der Waals surface area contributed by atoms with Crippen LogP contribution < -0.4 is 5.73 Å². The van der Waals surface area contributed by atoms with Crippen molar-refractivity contribution in [1.82, 2.24) is 4.90 Å². The van der Waals surface area contributed by atoms with Crippen LogP contribution in [0.2, 0.25) is 0 Å². The lowest BCUT2D eigenvalue weighted by Crippen LogP contribution is -2.68. The van der Waals surface area contributed by atoms with E-state index in [9.17, 15) is 14.7 Å². The second-order valence-electron chi connectivity index (χ2n) is 3.04. The first-order chi connectivity index (χ1) is 6.54. The average Bonchev–Trinajstić information content (AvgIpc) is 2.15. The van der Waals surface area contributed by atoms with E-state index >= 15 is 0 Å². The normalized spacial score (nSPS) is 31.2. The number of hydrogen-bond donors (Lipinski definition) is 3. The van der Waals surface area contributed by atoms with E-state index in [4.69, 9.17) is 10.8 Å². The van der Waals surface area contributed by atoms with E-state index in [1.807, 2.05) is 0 Å². The monoisotopic (exact) mass is 216 g/mol. The van der Waals surface area contributed by atoms with Crippen LogP contribution in [0.5, 0.6) is 0 Å². The summed E-state index contributed by atoms with van der Waals surface area (Å²) in [5, 5.41) is 17.7. The quantitative estimate of drug-likeness (QED) is 0.490. The maximum absolute atomic E-state index is 11.2. The van der Waals surface area contributed by atoms with Gasteiger partial charge in [0, 0.05) is 0 Å². The van der Waals surface area contributed by atoms with Gasteiger partial charge in [0.2, 0.25) is 5.91 Å². The molecular weight excluding hydrogens is 208 g/mol. The lowest BCUT2D eigenvalue weighted by atomic mass is 10.1. The number of carbonyl (C=O) groups is 2. The fourth-order valence-electron chi connectivity index (χ4n) is 1.50. The third-order valence-corrected chi connectivity index (χ3v) is 3.48. The van der Waals surface area contributed by atoms with Gasteiger partial charge in [-0.25, -0.2) is 4.79 Å². The summed E-state index contributed by atoms with van der Waals surface area (Å²) in [4.78, 5) is 23.0. The number of fused-ring (bicyclic) bond motifs is 1. The molecule has 0 aromatic carbocycles. The molecule has 0 saturated carbocycles. The highest BCUT2D eigenvalue weighted by atomic mass is 32.2. The number of carboxylic acid groups (broad SMARTS) is 1. The molecule has 0 unspecified atom stereocenters. The molecule has 7 heteroatoms. The Morgan fingerprint density at radius 2 is 2.29 bits per heavy atom. The third kappa shape index (κ3) is 1.02. The largest absolute Gasteiger partial charge is 0.509 e. The predicted molar refractivity (Wildman–Crippen MR) is 48.4 cm³/mol. The topological polar surface area (TPSA) is 104 Å². The number of carbonyl (C=O) groups excluding carboxylic acids is 1. The van der Waals surface area contributed by atoms with Gasteiger partial charge in [0.15, 0.2) is 5.70 Å². The highest BCUT2D eigenvalue weighted by Crippen LogP contribution is 2.38. The van der Waals surface area contributed by atoms with Crippen molar-refractivity contribution in [3.63, 3.8) is 0 Å². The van der Waals surface area contributed by atoms with Crippen LogP contribution >= 0.6 is 11.8 Å². The van der Waals surface area contributed by atoms with E-state index < -0.39 is 17.9 Å². The summed E-state index contributed by atoms with van der Waals surface area (Å²) in [7, 11) is 0. The van der Waals surface area contributed by atoms with Crippen LogP contribution in [0.1, 0.15) is 0 Å². The summed E-state index contributed by atoms with van der Waals surface area (Å²) in [5.41, 5.74) is 5.14. The molecule has 1 amide bonds. The van der Waals surface area contributed by atoms with Crippen molar-refractivity contribution < 1.29 is 19.8 Å². The molecule has 0 aromatic rings. The van der Waals surface area contributed by atoms with Crippen LogP contribution in [-0.4, -0.2) is 44.2 Å². The summed E-state index contributed by atoms with van der Waals surface area (Å²) in [5.74, 6) is -1.85. The number of aliphatic hydroxyl groups is 1. The summed E-state index contributed by atoms with van der Waals surface area (Å²) in [6, 6.07) is -0.651. The molecule has 0 aliphatic carbocycles. The zero-order valence-electron chi connectivity index (χ0n) is 7.01. The Morgan fingerprint density at radius 1 is 1.64 bits per heavy atom. The number of carboxylic acids is 1.